The van der Waals surface area contributed by atoms with Gasteiger partial charge in [0, 0.05) is 17.5 Å². The van der Waals surface area contributed by atoms with Crippen LogP contribution in [0, 0.1) is 0 Å². The summed E-state index contributed by atoms with van der Waals surface area (Å²) >= 11 is 0. The zero-order valence-corrected chi connectivity index (χ0v) is 30.7. The molecule has 1 amide bonds. The Morgan fingerprint density at radius 1 is 0.729 bits per heavy atom. The molecule has 0 aromatic heterocycles. The van der Waals surface area contributed by atoms with Crippen LogP contribution in [-0.2, 0) is 22.5 Å². The molecule has 14 heteroatoms. The number of nitrogens with zero attached hydrogens (tertiary/aromatic N) is 1. The van der Waals surface area contributed by atoms with Gasteiger partial charge in [-0.1, -0.05) is 72.8 Å². The lowest BCUT2D eigenvalue weighted by atomic mass is 10.1. The number of hydrogen-bond acceptors (Lipinski definition) is 11. The standard InChI is InChI=1S/C17H20N2O3.C17H21NO4S4/c1-12(2)22-17(20)19-18-15-11-14(9-10-16(15)21-3)13-7-5-4-6-8-13;1-18(2)15(13-23-25(19,20)16-9-5-3-6-10-16)14-24-26(21,22)17-11-7-4-8-12-17/h4-12,18H,1-3H3,(H,19,20);3-12,15H,13-14H2,1-2H3. The number of benzene rings is 4. The third-order valence-electron chi connectivity index (χ3n) is 6.57. The van der Waals surface area contributed by atoms with Crippen LogP contribution in [0.5, 0.6) is 5.75 Å². The Hall–Kier alpha value is -3.69. The molecule has 0 saturated carbocycles. The minimum Gasteiger partial charge on any atom is -0.495 e. The minimum atomic E-state index is -3.46. The maximum absolute atomic E-state index is 12.4. The van der Waals surface area contributed by atoms with Crippen molar-refractivity contribution in [3.8, 4) is 16.9 Å². The Kier molecular flexibility index (Phi) is 15.1. The molecule has 48 heavy (non-hydrogen) atoms. The van der Waals surface area contributed by atoms with Gasteiger partial charge in [0.2, 0.25) is 17.7 Å². The minimum absolute atomic E-state index is 0.181. The third-order valence-corrected chi connectivity index (χ3v) is 13.8. The van der Waals surface area contributed by atoms with Crippen LogP contribution in [0.2, 0.25) is 0 Å². The second-order valence-corrected chi connectivity index (χ2v) is 18.7. The van der Waals surface area contributed by atoms with Gasteiger partial charge in [-0.25, -0.2) is 27.1 Å². The number of methoxy groups -OCH3 is 1. The molecule has 0 bridgehead atoms. The lowest BCUT2D eigenvalue weighted by Gasteiger charge is -2.23. The Morgan fingerprint density at radius 3 is 1.65 bits per heavy atom. The van der Waals surface area contributed by atoms with E-state index in [9.17, 15) is 21.6 Å². The van der Waals surface area contributed by atoms with Gasteiger partial charge >= 0.3 is 6.09 Å². The lowest BCUT2D eigenvalue weighted by molar-refractivity contribution is 0.117. The molecular formula is C34H41N3O7S4. The number of ether oxygens (including phenoxy) is 2. The van der Waals surface area contributed by atoms with Crippen LogP contribution < -0.4 is 15.6 Å². The number of anilines is 1. The number of hydrogen-bond donors (Lipinski definition) is 2. The van der Waals surface area contributed by atoms with Gasteiger partial charge in [0.25, 0.3) is 0 Å². The van der Waals surface area contributed by atoms with Crippen molar-refractivity contribution in [3.05, 3.63) is 109 Å². The van der Waals surface area contributed by atoms with Gasteiger partial charge in [-0.05, 0) is 97.1 Å². The van der Waals surface area contributed by atoms with E-state index in [0.29, 0.717) is 11.4 Å². The van der Waals surface area contributed by atoms with Gasteiger partial charge in [0.1, 0.15) is 5.75 Å². The van der Waals surface area contributed by atoms with Crippen molar-refractivity contribution in [2.75, 3.05) is 38.1 Å². The Labute approximate surface area is 291 Å². The van der Waals surface area contributed by atoms with Gasteiger partial charge < -0.3 is 14.4 Å². The first kappa shape index (κ1) is 38.8. The molecule has 0 radical (unpaired) electrons. The molecule has 0 spiro atoms. The third kappa shape index (κ3) is 12.4. The zero-order chi connectivity index (χ0) is 35.2. The maximum Gasteiger partial charge on any atom is 0.426 e. The predicted octanol–water partition coefficient (Wildman–Crippen LogP) is 6.98. The highest BCUT2D eigenvalue weighted by Gasteiger charge is 2.23. The molecule has 4 aromatic rings. The average molecular weight is 732 g/mol. The molecule has 0 fully saturated rings. The van der Waals surface area contributed by atoms with Gasteiger partial charge in [-0.2, -0.15) is 0 Å². The van der Waals surface area contributed by atoms with E-state index < -0.39 is 23.8 Å². The molecule has 4 aromatic carbocycles. The number of carbonyl (C=O) groups is 1. The first-order valence-electron chi connectivity index (χ1n) is 14.8. The summed E-state index contributed by atoms with van der Waals surface area (Å²) in [7, 11) is -0.0434. The predicted molar refractivity (Wildman–Crippen MR) is 196 cm³/mol. The van der Waals surface area contributed by atoms with Gasteiger partial charge in [-0.15, -0.1) is 0 Å². The molecule has 0 saturated heterocycles. The van der Waals surface area contributed by atoms with Crippen molar-refractivity contribution in [3.63, 3.8) is 0 Å². The molecule has 4 rings (SSSR count). The van der Waals surface area contributed by atoms with E-state index in [1.54, 1.807) is 81.6 Å². The highest BCUT2D eigenvalue weighted by atomic mass is 33.1. The van der Waals surface area contributed by atoms with E-state index in [-0.39, 0.29) is 33.4 Å². The van der Waals surface area contributed by atoms with E-state index in [0.717, 1.165) is 32.7 Å². The van der Waals surface area contributed by atoms with Gasteiger partial charge in [-0.3, -0.25) is 5.43 Å². The summed E-state index contributed by atoms with van der Waals surface area (Å²) in [5.41, 5.74) is 8.08. The normalized spacial score (nSPS) is 11.5. The van der Waals surface area contributed by atoms with Crippen molar-refractivity contribution >= 4 is 51.1 Å². The summed E-state index contributed by atoms with van der Waals surface area (Å²) in [6.07, 6.45) is -0.721. The van der Waals surface area contributed by atoms with Crippen molar-refractivity contribution in [1.29, 1.82) is 0 Å². The molecular weight excluding hydrogens is 691 g/mol. The van der Waals surface area contributed by atoms with E-state index in [1.165, 1.54) is 0 Å². The van der Waals surface area contributed by atoms with Crippen LogP contribution in [0.1, 0.15) is 13.8 Å². The summed E-state index contributed by atoms with van der Waals surface area (Å²) < 4.78 is 59.9. The molecule has 0 aliphatic heterocycles. The van der Waals surface area contributed by atoms with Gasteiger partial charge in [0.15, 0.2) is 0 Å². The largest absolute Gasteiger partial charge is 0.495 e. The maximum atomic E-state index is 12.4. The Morgan fingerprint density at radius 2 is 1.21 bits per heavy atom. The molecule has 0 heterocycles. The summed E-state index contributed by atoms with van der Waals surface area (Å²) in [6, 6.07) is 31.9. The van der Waals surface area contributed by atoms with Crippen LogP contribution in [0.4, 0.5) is 10.5 Å². The summed E-state index contributed by atoms with van der Waals surface area (Å²) in [4.78, 5) is 13.9. The molecule has 2 N–H and O–H groups in total. The van der Waals surface area contributed by atoms with E-state index in [2.05, 4.69) is 10.9 Å². The molecule has 258 valence electrons. The van der Waals surface area contributed by atoms with Crippen molar-refractivity contribution in [2.45, 2.75) is 35.8 Å². The first-order chi connectivity index (χ1) is 22.8. The highest BCUT2D eigenvalue weighted by molar-refractivity contribution is 8.72. The smallest absolute Gasteiger partial charge is 0.426 e. The number of hydrazine groups is 1. The number of carbonyl (C=O) groups excluding carboxylic acids is 1. The number of nitrogens with one attached hydrogen (secondary N) is 2. The van der Waals surface area contributed by atoms with Crippen LogP contribution in [0.3, 0.4) is 0 Å². The lowest BCUT2D eigenvalue weighted by Crippen LogP contribution is -2.33. The monoisotopic (exact) mass is 731 g/mol. The fourth-order valence-corrected chi connectivity index (χ4v) is 10.4. The number of amides is 1. The van der Waals surface area contributed by atoms with Gasteiger partial charge in [0.05, 0.1) is 28.7 Å². The van der Waals surface area contributed by atoms with Crippen LogP contribution in [0.25, 0.3) is 11.1 Å². The van der Waals surface area contributed by atoms with Crippen molar-refractivity contribution in [1.82, 2.24) is 10.3 Å². The van der Waals surface area contributed by atoms with E-state index in [4.69, 9.17) is 9.47 Å². The molecule has 0 unspecified atom stereocenters. The summed E-state index contributed by atoms with van der Waals surface area (Å²) in [5.74, 6) is 1.19. The highest BCUT2D eigenvalue weighted by Crippen LogP contribution is 2.31. The van der Waals surface area contributed by atoms with Crippen LogP contribution in [-0.4, -0.2) is 72.7 Å². The van der Waals surface area contributed by atoms with E-state index in [1.807, 2.05) is 67.5 Å². The molecule has 10 nitrogen and oxygen atoms in total. The Bertz CT molecular complexity index is 1720. The fourth-order valence-electron chi connectivity index (χ4n) is 3.97. The molecule has 0 aliphatic carbocycles. The second-order valence-electron chi connectivity index (χ2n) is 10.7. The molecule has 0 atom stereocenters. The summed E-state index contributed by atoms with van der Waals surface area (Å²) in [6.45, 7) is 3.58. The SMILES string of the molecule is CN(C)C(CSS(=O)(=O)c1ccccc1)CSS(=O)(=O)c1ccccc1.COc1ccc(-c2ccccc2)cc1NNC(=O)OC(C)C. The quantitative estimate of drug-likeness (QED) is 0.103. The number of rotatable bonds is 14. The van der Waals surface area contributed by atoms with Crippen LogP contribution in [0.15, 0.2) is 119 Å². The first-order valence-corrected chi connectivity index (χ1v) is 20.8. The van der Waals surface area contributed by atoms with Crippen molar-refractivity contribution in [2.24, 2.45) is 0 Å². The average Bonchev–Trinajstić information content (AvgIpc) is 3.08. The topological polar surface area (TPSA) is 131 Å². The van der Waals surface area contributed by atoms with E-state index >= 15 is 0 Å². The zero-order valence-electron chi connectivity index (χ0n) is 27.4. The Balaban J connectivity index is 0.000000264. The fraction of sp³-hybridized carbons (Fsp3) is 0.265. The molecule has 0 aliphatic rings. The second kappa shape index (κ2) is 18.7. The van der Waals surface area contributed by atoms with Crippen molar-refractivity contribution < 1.29 is 31.1 Å². The van der Waals surface area contributed by atoms with Crippen LogP contribution >= 0.6 is 21.6 Å². The summed E-state index contributed by atoms with van der Waals surface area (Å²) in [5, 5.41) is 0.